The number of carbonyl (C=O) groups is 1. The largest absolute Gasteiger partial charge is 0.379 e. The molecule has 0 bridgehead atoms. The monoisotopic (exact) mass is 410 g/mol. The number of nitrogens with one attached hydrogen (secondary N) is 1. The van der Waals surface area contributed by atoms with Crippen molar-refractivity contribution in [1.29, 1.82) is 0 Å². The number of amides is 1. The Morgan fingerprint density at radius 1 is 1.59 bits per heavy atom. The van der Waals surface area contributed by atoms with E-state index in [2.05, 4.69) is 43.8 Å². The summed E-state index contributed by atoms with van der Waals surface area (Å²) >= 11 is 5.63. The van der Waals surface area contributed by atoms with Crippen LogP contribution in [0.15, 0.2) is 22.7 Å². The van der Waals surface area contributed by atoms with Gasteiger partial charge in [-0.05, 0) is 63.1 Å². The molecular formula is C11H12BrIN2O2. The Bertz CT molecular complexity index is 447. The molecule has 1 atom stereocenters. The molecule has 1 aromatic carbocycles. The molecule has 0 radical (unpaired) electrons. The molecule has 1 heterocycles. The van der Waals surface area contributed by atoms with Gasteiger partial charge in [-0.3, -0.25) is 4.79 Å². The minimum atomic E-state index is -0.893. The van der Waals surface area contributed by atoms with E-state index < -0.39 is 5.54 Å². The first-order valence-corrected chi connectivity index (χ1v) is 7.02. The summed E-state index contributed by atoms with van der Waals surface area (Å²) in [7, 11) is 0. The molecule has 92 valence electrons. The van der Waals surface area contributed by atoms with Gasteiger partial charge < -0.3 is 15.8 Å². The Morgan fingerprint density at radius 3 is 2.94 bits per heavy atom. The van der Waals surface area contributed by atoms with Crippen molar-refractivity contribution in [2.24, 2.45) is 5.73 Å². The number of anilines is 1. The van der Waals surface area contributed by atoms with Crippen molar-refractivity contribution in [3.05, 3.63) is 26.2 Å². The molecule has 0 saturated carbocycles. The van der Waals surface area contributed by atoms with Gasteiger partial charge in [-0.2, -0.15) is 0 Å². The third kappa shape index (κ3) is 2.98. The standard InChI is InChI=1S/C11H12BrIN2O2/c12-8-5-7(1-2-9(8)13)15-10(16)11(14)3-4-17-6-11/h1-2,5H,3-4,6,14H2,(H,15,16). The lowest BCUT2D eigenvalue weighted by Gasteiger charge is -2.20. The number of ether oxygens (including phenoxy) is 1. The molecular weight excluding hydrogens is 399 g/mol. The van der Waals surface area contributed by atoms with Crippen molar-refractivity contribution >= 4 is 50.1 Å². The van der Waals surface area contributed by atoms with Crippen LogP contribution in [-0.4, -0.2) is 24.7 Å². The maximum absolute atomic E-state index is 12.0. The Kier molecular flexibility index (Phi) is 4.06. The predicted octanol–water partition coefficient (Wildman–Crippen LogP) is 2.11. The van der Waals surface area contributed by atoms with Crippen molar-refractivity contribution in [2.75, 3.05) is 18.5 Å². The normalized spacial score (nSPS) is 23.7. The van der Waals surface area contributed by atoms with Crippen LogP contribution in [0.4, 0.5) is 5.69 Å². The van der Waals surface area contributed by atoms with Gasteiger partial charge in [0.1, 0.15) is 5.54 Å². The highest BCUT2D eigenvalue weighted by Crippen LogP contribution is 2.24. The summed E-state index contributed by atoms with van der Waals surface area (Å²) in [6.07, 6.45) is 0.560. The lowest BCUT2D eigenvalue weighted by atomic mass is 9.99. The zero-order chi connectivity index (χ0) is 12.5. The Morgan fingerprint density at radius 2 is 2.35 bits per heavy atom. The third-order valence-corrected chi connectivity index (χ3v) is 5.02. The van der Waals surface area contributed by atoms with Gasteiger partial charge in [-0.25, -0.2) is 0 Å². The molecule has 0 aliphatic carbocycles. The minimum Gasteiger partial charge on any atom is -0.379 e. The molecule has 0 spiro atoms. The van der Waals surface area contributed by atoms with E-state index in [-0.39, 0.29) is 12.5 Å². The number of rotatable bonds is 2. The van der Waals surface area contributed by atoms with Crippen LogP contribution in [-0.2, 0) is 9.53 Å². The fourth-order valence-electron chi connectivity index (χ4n) is 1.59. The van der Waals surface area contributed by atoms with Crippen molar-refractivity contribution in [3.63, 3.8) is 0 Å². The molecule has 1 aliphatic heterocycles. The van der Waals surface area contributed by atoms with Gasteiger partial charge in [0, 0.05) is 20.3 Å². The molecule has 1 aliphatic rings. The SMILES string of the molecule is NC1(C(=O)Nc2ccc(I)c(Br)c2)CCOC1. The molecule has 4 nitrogen and oxygen atoms in total. The summed E-state index contributed by atoms with van der Waals surface area (Å²) < 4.78 is 7.20. The summed E-state index contributed by atoms with van der Waals surface area (Å²) in [5.74, 6) is -0.192. The number of halogens is 2. The van der Waals surface area contributed by atoms with Crippen LogP contribution in [0.2, 0.25) is 0 Å². The topological polar surface area (TPSA) is 64.4 Å². The second-order valence-electron chi connectivity index (χ2n) is 4.04. The molecule has 1 fully saturated rings. The lowest BCUT2D eigenvalue weighted by molar-refractivity contribution is -0.121. The van der Waals surface area contributed by atoms with Gasteiger partial charge in [-0.1, -0.05) is 0 Å². The van der Waals surface area contributed by atoms with Crippen LogP contribution in [0.1, 0.15) is 6.42 Å². The highest BCUT2D eigenvalue weighted by atomic mass is 127. The van der Waals surface area contributed by atoms with Crippen LogP contribution in [0.3, 0.4) is 0 Å². The minimum absolute atomic E-state index is 0.192. The summed E-state index contributed by atoms with van der Waals surface area (Å²) in [4.78, 5) is 12.0. The summed E-state index contributed by atoms with van der Waals surface area (Å²) in [5.41, 5.74) is 5.81. The summed E-state index contributed by atoms with van der Waals surface area (Å²) in [5, 5.41) is 2.82. The van der Waals surface area contributed by atoms with Gasteiger partial charge >= 0.3 is 0 Å². The average Bonchev–Trinajstić information content (AvgIpc) is 2.72. The fraction of sp³-hybridized carbons (Fsp3) is 0.364. The molecule has 0 aromatic heterocycles. The number of nitrogens with two attached hydrogens (primary N) is 1. The molecule has 17 heavy (non-hydrogen) atoms. The first kappa shape index (κ1) is 13.3. The van der Waals surface area contributed by atoms with Crippen LogP contribution < -0.4 is 11.1 Å². The third-order valence-electron chi connectivity index (χ3n) is 2.68. The molecule has 1 amide bonds. The maximum Gasteiger partial charge on any atom is 0.246 e. The van der Waals surface area contributed by atoms with E-state index in [0.29, 0.717) is 13.0 Å². The smallest absolute Gasteiger partial charge is 0.246 e. The van der Waals surface area contributed by atoms with Crippen LogP contribution in [0.5, 0.6) is 0 Å². The van der Waals surface area contributed by atoms with E-state index in [4.69, 9.17) is 10.5 Å². The van der Waals surface area contributed by atoms with Crippen LogP contribution in [0, 0.1) is 3.57 Å². The van der Waals surface area contributed by atoms with Crippen molar-refractivity contribution in [1.82, 2.24) is 0 Å². The zero-order valence-corrected chi connectivity index (χ0v) is 12.7. The Balaban J connectivity index is 2.10. The van der Waals surface area contributed by atoms with Crippen molar-refractivity contribution < 1.29 is 9.53 Å². The molecule has 6 heteroatoms. The van der Waals surface area contributed by atoms with Gasteiger partial charge in [0.25, 0.3) is 0 Å². The Hall–Kier alpha value is -0.180. The van der Waals surface area contributed by atoms with E-state index in [9.17, 15) is 4.79 Å². The number of hydrogen-bond acceptors (Lipinski definition) is 3. The van der Waals surface area contributed by atoms with Crippen molar-refractivity contribution in [3.8, 4) is 0 Å². The van der Waals surface area contributed by atoms with E-state index in [0.717, 1.165) is 13.7 Å². The quantitative estimate of drug-likeness (QED) is 0.734. The number of carbonyl (C=O) groups excluding carboxylic acids is 1. The van der Waals surface area contributed by atoms with Crippen LogP contribution >= 0.6 is 38.5 Å². The average molecular weight is 411 g/mol. The van der Waals surface area contributed by atoms with E-state index in [1.54, 1.807) is 0 Å². The van der Waals surface area contributed by atoms with Crippen molar-refractivity contribution in [2.45, 2.75) is 12.0 Å². The summed E-state index contributed by atoms with van der Waals surface area (Å²) in [6.45, 7) is 0.824. The van der Waals surface area contributed by atoms with Gasteiger partial charge in [0.2, 0.25) is 5.91 Å². The first-order chi connectivity index (χ1) is 8.01. The van der Waals surface area contributed by atoms with Gasteiger partial charge in [0.15, 0.2) is 0 Å². The second-order valence-corrected chi connectivity index (χ2v) is 6.06. The van der Waals surface area contributed by atoms with Crippen LogP contribution in [0.25, 0.3) is 0 Å². The fourth-order valence-corrected chi connectivity index (χ4v) is 2.30. The Labute approximate surface area is 122 Å². The molecule has 1 aromatic rings. The molecule has 3 N–H and O–H groups in total. The summed E-state index contributed by atoms with van der Waals surface area (Å²) in [6, 6.07) is 5.64. The predicted molar refractivity (Wildman–Crippen MR) is 77.8 cm³/mol. The zero-order valence-electron chi connectivity index (χ0n) is 9.00. The number of benzene rings is 1. The molecule has 2 rings (SSSR count). The highest BCUT2D eigenvalue weighted by Gasteiger charge is 2.38. The number of hydrogen-bond donors (Lipinski definition) is 2. The van der Waals surface area contributed by atoms with E-state index >= 15 is 0 Å². The van der Waals surface area contributed by atoms with Gasteiger partial charge in [0.05, 0.1) is 6.61 Å². The van der Waals surface area contributed by atoms with Gasteiger partial charge in [-0.15, -0.1) is 0 Å². The van der Waals surface area contributed by atoms with E-state index in [1.165, 1.54) is 0 Å². The first-order valence-electron chi connectivity index (χ1n) is 5.14. The second kappa shape index (κ2) is 5.21. The molecule has 1 unspecified atom stereocenters. The lowest BCUT2D eigenvalue weighted by Crippen LogP contribution is -2.51. The van der Waals surface area contributed by atoms with E-state index in [1.807, 2.05) is 18.2 Å². The molecule has 1 saturated heterocycles. The maximum atomic E-state index is 12.0. The highest BCUT2D eigenvalue weighted by molar-refractivity contribution is 14.1.